The maximum atomic E-state index is 6.24. The molecule has 2 unspecified atom stereocenters. The molecule has 0 radical (unpaired) electrons. The average Bonchev–Trinajstić information content (AvgIpc) is 4.06. The Bertz CT molecular complexity index is 2170. The van der Waals surface area contributed by atoms with Crippen molar-refractivity contribution in [2.75, 3.05) is 36.1 Å². The molecular weight excluding hydrogens is 711 g/mol. The van der Waals surface area contributed by atoms with E-state index in [1.165, 1.54) is 61.9 Å². The molecule has 1 saturated carbocycles. The van der Waals surface area contributed by atoms with Crippen molar-refractivity contribution >= 4 is 28.5 Å². The number of anilines is 2. The molecule has 298 valence electrons. The topological polar surface area (TPSA) is 27.9 Å². The summed E-state index contributed by atoms with van der Waals surface area (Å²) in [6.45, 7) is 17.5. The van der Waals surface area contributed by atoms with Gasteiger partial charge in [-0.15, -0.1) is 0 Å². The van der Waals surface area contributed by atoms with Crippen LogP contribution in [0, 0.1) is 13.8 Å². The first-order valence-corrected chi connectivity index (χ1v) is 21.7. The third-order valence-electron chi connectivity index (χ3n) is 13.3. The van der Waals surface area contributed by atoms with Crippen molar-refractivity contribution < 1.29 is 9.47 Å². The SMILES string of the molecule is Cc1ccc2c(c1)C(C)(C)C(=CC=C1CCC(=CC=C3N(CC4CCCO4)c4ccc(C)cc4C3(C)C)C1=[N+](c1ccccc1)c1ccccc1)N2CC1CCCO1. The van der Waals surface area contributed by atoms with Gasteiger partial charge in [0.15, 0.2) is 0 Å². The van der Waals surface area contributed by atoms with E-state index in [4.69, 9.17) is 9.47 Å². The summed E-state index contributed by atoms with van der Waals surface area (Å²) in [6, 6.07) is 35.8. The second kappa shape index (κ2) is 15.7. The normalized spacial score (nSPS) is 24.8. The predicted molar refractivity (Wildman–Crippen MR) is 242 cm³/mol. The van der Waals surface area contributed by atoms with Gasteiger partial charge in [0, 0.05) is 95.3 Å². The Labute approximate surface area is 346 Å². The molecular formula is C53H60N3O2+. The van der Waals surface area contributed by atoms with Crippen LogP contribution < -0.4 is 14.4 Å². The summed E-state index contributed by atoms with van der Waals surface area (Å²) in [4.78, 5) is 5.13. The van der Waals surface area contributed by atoms with Crippen molar-refractivity contribution in [3.8, 4) is 0 Å². The summed E-state index contributed by atoms with van der Waals surface area (Å²) in [5, 5.41) is 0. The van der Waals surface area contributed by atoms with E-state index < -0.39 is 0 Å². The standard InChI is InChI=1S/C53H60N3O2/c1-37-21-27-47-45(33-37)52(3,4)49(54(47)35-43-19-13-31-57-43)29-25-39-23-24-40(51(39)56(41-15-9-7-10-16-41)42-17-11-8-12-18-42)26-30-50-53(5,6)46-34-38(2)22-28-48(46)55(50)36-44-20-14-32-58-44/h7-12,15-18,21-22,25-30,33-34,43-44H,13-14,19-20,23-24,31-32,35-36H2,1-6H3/q+1. The van der Waals surface area contributed by atoms with E-state index in [0.29, 0.717) is 0 Å². The van der Waals surface area contributed by atoms with Gasteiger partial charge in [0.1, 0.15) is 0 Å². The first kappa shape index (κ1) is 38.5. The van der Waals surface area contributed by atoms with Gasteiger partial charge < -0.3 is 19.3 Å². The maximum absolute atomic E-state index is 6.24. The fraction of sp³-hybridized carbons (Fsp3) is 0.377. The second-order valence-corrected chi connectivity index (χ2v) is 18.1. The van der Waals surface area contributed by atoms with Crippen molar-refractivity contribution in [3.05, 3.63) is 166 Å². The summed E-state index contributed by atoms with van der Waals surface area (Å²) in [6.07, 6.45) is 16.7. The lowest BCUT2D eigenvalue weighted by molar-refractivity contribution is 0.116. The molecule has 0 spiro atoms. The molecule has 4 aliphatic heterocycles. The minimum absolute atomic E-state index is 0.147. The van der Waals surface area contributed by atoms with E-state index in [-0.39, 0.29) is 23.0 Å². The van der Waals surface area contributed by atoms with Gasteiger partial charge in [0.05, 0.1) is 12.2 Å². The van der Waals surface area contributed by atoms with Crippen LogP contribution in [0.3, 0.4) is 0 Å². The van der Waals surface area contributed by atoms with Crippen molar-refractivity contribution in [2.45, 2.75) is 103 Å². The first-order valence-electron chi connectivity index (χ1n) is 21.7. The smallest absolute Gasteiger partial charge is 0.218 e. The number of ether oxygens (including phenoxy) is 2. The van der Waals surface area contributed by atoms with Gasteiger partial charge in [0.25, 0.3) is 0 Å². The third kappa shape index (κ3) is 7.11. The van der Waals surface area contributed by atoms with Gasteiger partial charge in [0.2, 0.25) is 17.1 Å². The number of allylic oxidation sites excluding steroid dienone is 8. The summed E-state index contributed by atoms with van der Waals surface area (Å²) in [5.74, 6) is 0. The number of nitrogens with zero attached hydrogens (tertiary/aromatic N) is 3. The van der Waals surface area contributed by atoms with Crippen LogP contribution in [-0.4, -0.2) is 44.2 Å². The second-order valence-electron chi connectivity index (χ2n) is 18.1. The molecule has 4 aromatic carbocycles. The van der Waals surface area contributed by atoms with Gasteiger partial charge in [-0.1, -0.05) is 112 Å². The van der Waals surface area contributed by atoms with E-state index in [2.05, 4.69) is 177 Å². The summed E-state index contributed by atoms with van der Waals surface area (Å²) in [7, 11) is 0. The van der Waals surface area contributed by atoms with Crippen LogP contribution in [0.15, 0.2) is 144 Å². The van der Waals surface area contributed by atoms with Crippen molar-refractivity contribution in [1.29, 1.82) is 0 Å². The van der Waals surface area contributed by atoms with E-state index in [0.717, 1.165) is 76.2 Å². The highest BCUT2D eigenvalue weighted by atomic mass is 16.5. The maximum Gasteiger partial charge on any atom is 0.218 e. The highest BCUT2D eigenvalue weighted by Gasteiger charge is 2.43. The van der Waals surface area contributed by atoms with Gasteiger partial charge >= 0.3 is 0 Å². The minimum atomic E-state index is -0.147. The number of hydrogen-bond acceptors (Lipinski definition) is 4. The Kier molecular flexibility index (Phi) is 10.4. The summed E-state index contributed by atoms with van der Waals surface area (Å²) >= 11 is 0. The quantitative estimate of drug-likeness (QED) is 0.167. The lowest BCUT2D eigenvalue weighted by atomic mass is 9.83. The molecule has 0 aromatic heterocycles. The molecule has 2 saturated heterocycles. The molecule has 5 heteroatoms. The van der Waals surface area contributed by atoms with Crippen molar-refractivity contribution in [1.82, 2.24) is 4.58 Å². The largest absolute Gasteiger partial charge is 0.376 e. The zero-order valence-electron chi connectivity index (χ0n) is 35.4. The zero-order valence-corrected chi connectivity index (χ0v) is 35.4. The van der Waals surface area contributed by atoms with E-state index in [9.17, 15) is 0 Å². The molecule has 0 N–H and O–H groups in total. The number of aryl methyl sites for hydroxylation is 2. The molecule has 5 nitrogen and oxygen atoms in total. The van der Waals surface area contributed by atoms with Crippen LogP contribution >= 0.6 is 0 Å². The molecule has 58 heavy (non-hydrogen) atoms. The molecule has 1 aliphatic carbocycles. The molecule has 9 rings (SSSR count). The Morgan fingerprint density at radius 2 is 1.02 bits per heavy atom. The first-order chi connectivity index (χ1) is 28.1. The van der Waals surface area contributed by atoms with Crippen molar-refractivity contribution in [2.24, 2.45) is 0 Å². The molecule has 5 aliphatic rings. The molecule has 4 aromatic rings. The fourth-order valence-corrected chi connectivity index (χ4v) is 10.2. The van der Waals surface area contributed by atoms with Crippen LogP contribution in [0.25, 0.3) is 0 Å². The number of rotatable bonds is 8. The Morgan fingerprint density at radius 3 is 1.41 bits per heavy atom. The van der Waals surface area contributed by atoms with Gasteiger partial charge in [-0.2, -0.15) is 4.58 Å². The van der Waals surface area contributed by atoms with Crippen LogP contribution in [0.2, 0.25) is 0 Å². The van der Waals surface area contributed by atoms with Gasteiger partial charge in [-0.25, -0.2) is 0 Å². The van der Waals surface area contributed by atoms with Crippen LogP contribution in [0.4, 0.5) is 22.7 Å². The number of benzene rings is 4. The predicted octanol–water partition coefficient (Wildman–Crippen LogP) is 11.9. The number of hydrogen-bond donors (Lipinski definition) is 0. The minimum Gasteiger partial charge on any atom is -0.376 e. The van der Waals surface area contributed by atoms with E-state index >= 15 is 0 Å². The van der Waals surface area contributed by atoms with Gasteiger partial charge in [-0.05, 0) is 87.8 Å². The fourth-order valence-electron chi connectivity index (χ4n) is 10.2. The van der Waals surface area contributed by atoms with E-state index in [1.54, 1.807) is 0 Å². The molecule has 4 heterocycles. The van der Waals surface area contributed by atoms with Crippen LogP contribution in [0.5, 0.6) is 0 Å². The van der Waals surface area contributed by atoms with Crippen molar-refractivity contribution in [3.63, 3.8) is 0 Å². The van der Waals surface area contributed by atoms with Crippen LogP contribution in [0.1, 0.15) is 88.5 Å². The molecule has 0 amide bonds. The summed E-state index contributed by atoms with van der Waals surface area (Å²) in [5.41, 5.74) is 16.7. The lowest BCUT2D eigenvalue weighted by Crippen LogP contribution is -2.33. The average molecular weight is 771 g/mol. The highest BCUT2D eigenvalue weighted by Crippen LogP contribution is 2.50. The molecule has 2 atom stereocenters. The Morgan fingerprint density at radius 1 is 0.586 bits per heavy atom. The third-order valence-corrected chi connectivity index (χ3v) is 13.3. The summed E-state index contributed by atoms with van der Waals surface area (Å²) < 4.78 is 15.0. The molecule has 3 fully saturated rings. The highest BCUT2D eigenvalue weighted by molar-refractivity contribution is 6.17. The lowest BCUT2D eigenvalue weighted by Gasteiger charge is -2.29. The molecule has 0 bridgehead atoms. The number of fused-ring (bicyclic) bond motifs is 2. The Hall–Kier alpha value is -4.97. The van der Waals surface area contributed by atoms with E-state index in [1.807, 2.05) is 0 Å². The zero-order chi connectivity index (χ0) is 40.0. The van der Waals surface area contributed by atoms with Gasteiger partial charge in [-0.3, -0.25) is 0 Å². The number of para-hydroxylation sites is 2. The Balaban J connectivity index is 1.20. The monoisotopic (exact) mass is 770 g/mol. The van der Waals surface area contributed by atoms with Crippen LogP contribution in [-0.2, 0) is 20.3 Å².